The van der Waals surface area contributed by atoms with Crippen LogP contribution in [0.2, 0.25) is 0 Å². The molecule has 1 rings (SSSR count). The largest absolute Gasteiger partial charge is 0.480 e. The summed E-state index contributed by atoms with van der Waals surface area (Å²) in [5, 5.41) is 13.3. The minimum absolute atomic E-state index is 0.113. The van der Waals surface area contributed by atoms with Gasteiger partial charge < -0.3 is 15.2 Å². The van der Waals surface area contributed by atoms with Gasteiger partial charge in [0.25, 0.3) is 0 Å². The molecule has 0 spiro atoms. The molecule has 0 bridgehead atoms. The second-order valence-corrected chi connectivity index (χ2v) is 4.39. The Morgan fingerprint density at radius 2 is 2.00 bits per heavy atom. The molecule has 104 valence electrons. The lowest BCUT2D eigenvalue weighted by Crippen LogP contribution is -2.55. The van der Waals surface area contributed by atoms with Crippen molar-refractivity contribution < 1.29 is 19.4 Å². The van der Waals surface area contributed by atoms with E-state index in [4.69, 9.17) is 9.84 Å². The summed E-state index contributed by atoms with van der Waals surface area (Å²) in [7, 11) is 0. The molecule has 2 atom stereocenters. The molecule has 1 fully saturated rings. The van der Waals surface area contributed by atoms with Crippen LogP contribution in [0.5, 0.6) is 0 Å². The van der Waals surface area contributed by atoms with Crippen molar-refractivity contribution in [3.63, 3.8) is 0 Å². The van der Waals surface area contributed by atoms with Gasteiger partial charge in [-0.15, -0.1) is 0 Å². The van der Waals surface area contributed by atoms with Gasteiger partial charge >= 0.3 is 12.0 Å². The highest BCUT2D eigenvalue weighted by atomic mass is 16.5. The van der Waals surface area contributed by atoms with Crippen molar-refractivity contribution >= 4 is 12.0 Å². The van der Waals surface area contributed by atoms with Crippen LogP contribution in [0.1, 0.15) is 20.3 Å². The Kier molecular flexibility index (Phi) is 5.87. The van der Waals surface area contributed by atoms with Gasteiger partial charge in [-0.1, -0.05) is 20.3 Å². The number of carboxylic acids is 1. The average Bonchev–Trinajstić information content (AvgIpc) is 2.36. The van der Waals surface area contributed by atoms with Crippen LogP contribution in [0, 0.1) is 5.92 Å². The first-order valence-corrected chi connectivity index (χ1v) is 6.17. The Morgan fingerprint density at radius 3 is 2.50 bits per heavy atom. The molecule has 0 aromatic heterocycles. The minimum Gasteiger partial charge on any atom is -0.480 e. The molecule has 1 heterocycles. The molecule has 18 heavy (non-hydrogen) atoms. The quantitative estimate of drug-likeness (QED) is 0.648. The molecule has 1 aliphatic heterocycles. The van der Waals surface area contributed by atoms with Crippen LogP contribution in [0.4, 0.5) is 4.79 Å². The zero-order valence-electron chi connectivity index (χ0n) is 10.8. The normalized spacial score (nSPS) is 19.9. The van der Waals surface area contributed by atoms with Gasteiger partial charge in [-0.05, 0) is 5.92 Å². The fourth-order valence-electron chi connectivity index (χ4n) is 1.68. The number of hydrazine groups is 1. The van der Waals surface area contributed by atoms with E-state index in [1.807, 2.05) is 6.92 Å². The van der Waals surface area contributed by atoms with Crippen molar-refractivity contribution in [2.45, 2.75) is 26.3 Å². The van der Waals surface area contributed by atoms with E-state index in [1.165, 1.54) is 0 Å². The predicted octanol–water partition coefficient (Wildman–Crippen LogP) is 0.0321. The van der Waals surface area contributed by atoms with E-state index >= 15 is 0 Å². The standard InChI is InChI=1S/C11H21N3O4/c1-3-8(2)9(10(15)16)12-11(17)13-14-4-6-18-7-5-14/h8-9H,3-7H2,1-2H3,(H,15,16)(H2,12,13,17)/t8-,9-/m0/s1. The molecule has 0 aromatic rings. The van der Waals surface area contributed by atoms with Crippen LogP contribution in [0.25, 0.3) is 0 Å². The van der Waals surface area contributed by atoms with Crippen molar-refractivity contribution in [3.8, 4) is 0 Å². The number of ether oxygens (including phenoxy) is 1. The second kappa shape index (κ2) is 7.17. The molecule has 7 heteroatoms. The van der Waals surface area contributed by atoms with E-state index in [9.17, 15) is 9.59 Å². The van der Waals surface area contributed by atoms with E-state index in [0.717, 1.165) is 0 Å². The van der Waals surface area contributed by atoms with Gasteiger partial charge in [0.05, 0.1) is 13.2 Å². The summed E-state index contributed by atoms with van der Waals surface area (Å²) in [6.45, 7) is 6.03. The number of carboxylic acid groups (broad SMARTS) is 1. The minimum atomic E-state index is -1.01. The van der Waals surface area contributed by atoms with Gasteiger partial charge in [-0.2, -0.15) is 0 Å². The van der Waals surface area contributed by atoms with Gasteiger partial charge in [0.1, 0.15) is 6.04 Å². The highest BCUT2D eigenvalue weighted by Gasteiger charge is 2.26. The lowest BCUT2D eigenvalue weighted by Gasteiger charge is -2.28. The maximum Gasteiger partial charge on any atom is 0.330 e. The lowest BCUT2D eigenvalue weighted by molar-refractivity contribution is -0.140. The van der Waals surface area contributed by atoms with Gasteiger partial charge in [0, 0.05) is 13.1 Å². The monoisotopic (exact) mass is 259 g/mol. The predicted molar refractivity (Wildman–Crippen MR) is 64.9 cm³/mol. The Bertz CT molecular complexity index is 292. The number of carbonyl (C=O) groups excluding carboxylic acids is 1. The molecule has 2 amide bonds. The molecule has 0 aromatic carbocycles. The fourth-order valence-corrected chi connectivity index (χ4v) is 1.68. The first kappa shape index (κ1) is 14.7. The van der Waals surface area contributed by atoms with Crippen LogP contribution in [0.3, 0.4) is 0 Å². The summed E-state index contributed by atoms with van der Waals surface area (Å²) in [5.41, 5.74) is 2.62. The third-order valence-electron chi connectivity index (χ3n) is 3.04. The number of nitrogens with zero attached hydrogens (tertiary/aromatic N) is 1. The first-order chi connectivity index (χ1) is 8.54. The first-order valence-electron chi connectivity index (χ1n) is 6.17. The van der Waals surface area contributed by atoms with Crippen molar-refractivity contribution in [3.05, 3.63) is 0 Å². The summed E-state index contributed by atoms with van der Waals surface area (Å²) in [4.78, 5) is 22.7. The van der Waals surface area contributed by atoms with Gasteiger partial charge in [-0.3, -0.25) is 5.43 Å². The van der Waals surface area contributed by atoms with Crippen LogP contribution < -0.4 is 10.7 Å². The number of morpholine rings is 1. The van der Waals surface area contributed by atoms with Gasteiger partial charge in [0.15, 0.2) is 0 Å². The maximum atomic E-state index is 11.7. The smallest absolute Gasteiger partial charge is 0.330 e. The van der Waals surface area contributed by atoms with Crippen LogP contribution >= 0.6 is 0 Å². The molecule has 7 nitrogen and oxygen atoms in total. The Labute approximate surface area is 106 Å². The molecular weight excluding hydrogens is 238 g/mol. The Morgan fingerprint density at radius 1 is 1.39 bits per heavy atom. The number of amides is 2. The number of rotatable bonds is 5. The summed E-state index contributed by atoms with van der Waals surface area (Å²) >= 11 is 0. The van der Waals surface area contributed by atoms with E-state index in [0.29, 0.717) is 32.7 Å². The summed E-state index contributed by atoms with van der Waals surface area (Å²) in [6.07, 6.45) is 0.689. The van der Waals surface area contributed by atoms with Gasteiger partial charge in [-0.25, -0.2) is 14.6 Å². The molecule has 1 saturated heterocycles. The maximum absolute atomic E-state index is 11.7. The summed E-state index contributed by atoms with van der Waals surface area (Å²) in [6, 6.07) is -1.35. The molecule has 0 saturated carbocycles. The molecule has 0 unspecified atom stereocenters. The number of urea groups is 1. The van der Waals surface area contributed by atoms with Crippen LogP contribution in [-0.4, -0.2) is 54.5 Å². The Hall–Kier alpha value is -1.34. The zero-order chi connectivity index (χ0) is 13.5. The molecule has 1 aliphatic rings. The molecule has 0 radical (unpaired) electrons. The summed E-state index contributed by atoms with van der Waals surface area (Å²) < 4.78 is 5.15. The van der Waals surface area contributed by atoms with Crippen molar-refractivity contribution in [1.29, 1.82) is 0 Å². The third kappa shape index (κ3) is 4.50. The average molecular weight is 259 g/mol. The van der Waals surface area contributed by atoms with E-state index in [-0.39, 0.29) is 5.92 Å². The van der Waals surface area contributed by atoms with Crippen LogP contribution in [0.15, 0.2) is 0 Å². The lowest BCUT2D eigenvalue weighted by atomic mass is 10.00. The highest BCUT2D eigenvalue weighted by molar-refractivity contribution is 5.82. The summed E-state index contributed by atoms with van der Waals surface area (Å²) in [5.74, 6) is -1.13. The van der Waals surface area contributed by atoms with Gasteiger partial charge in [0.2, 0.25) is 0 Å². The molecule has 0 aliphatic carbocycles. The fraction of sp³-hybridized carbons (Fsp3) is 0.818. The number of carbonyl (C=O) groups is 2. The second-order valence-electron chi connectivity index (χ2n) is 4.39. The van der Waals surface area contributed by atoms with Crippen molar-refractivity contribution in [1.82, 2.24) is 15.8 Å². The van der Waals surface area contributed by atoms with E-state index < -0.39 is 18.0 Å². The Balaban J connectivity index is 2.42. The third-order valence-corrected chi connectivity index (χ3v) is 3.04. The number of hydrogen-bond donors (Lipinski definition) is 3. The van der Waals surface area contributed by atoms with Crippen molar-refractivity contribution in [2.24, 2.45) is 5.92 Å². The van der Waals surface area contributed by atoms with E-state index in [1.54, 1.807) is 11.9 Å². The SMILES string of the molecule is CC[C@H](C)[C@H](NC(=O)NN1CCOCC1)C(=O)O. The topological polar surface area (TPSA) is 90.9 Å². The number of nitrogens with one attached hydrogen (secondary N) is 2. The molecular formula is C11H21N3O4. The van der Waals surface area contributed by atoms with E-state index in [2.05, 4.69) is 10.7 Å². The number of aliphatic carboxylic acids is 1. The zero-order valence-corrected chi connectivity index (χ0v) is 10.8. The number of hydrogen-bond acceptors (Lipinski definition) is 4. The highest BCUT2D eigenvalue weighted by Crippen LogP contribution is 2.07. The van der Waals surface area contributed by atoms with Crippen LogP contribution in [-0.2, 0) is 9.53 Å². The van der Waals surface area contributed by atoms with Crippen molar-refractivity contribution in [2.75, 3.05) is 26.3 Å². The molecule has 3 N–H and O–H groups in total.